The van der Waals surface area contributed by atoms with Crippen LogP contribution in [0.3, 0.4) is 0 Å². The second kappa shape index (κ2) is 24.9. The SMILES string of the molecule is COCCCOc1cc2ncc(C(=O)N(C)C)c(Cl)c2cc1Br.COCCCOc1cc2ncc(C(=O)N(C)C)c(Nc3ccccc3C(=O)O)c2cc1Br.Nc1ccccc1C(=O)O. The number of methoxy groups -OCH3 is 2. The number of aromatic carboxylic acids is 2. The fourth-order valence-electron chi connectivity index (χ4n) is 5.88. The van der Waals surface area contributed by atoms with Gasteiger partial charge in [-0.15, -0.1) is 0 Å². The molecule has 2 heterocycles. The summed E-state index contributed by atoms with van der Waals surface area (Å²) in [7, 11) is 9.94. The number of hydrogen-bond donors (Lipinski definition) is 4. The molecule has 6 rings (SSSR count). The second-order valence-corrected chi connectivity index (χ2v) is 16.4. The number of benzene rings is 4. The molecule has 0 aliphatic carbocycles. The van der Waals surface area contributed by atoms with Gasteiger partial charge < -0.3 is 50.0 Å². The van der Waals surface area contributed by atoms with E-state index in [1.54, 1.807) is 84.9 Å². The molecule has 344 valence electrons. The number of nitrogens with zero attached hydrogens (tertiary/aromatic N) is 4. The van der Waals surface area contributed by atoms with Crippen molar-refractivity contribution in [2.45, 2.75) is 12.8 Å². The smallest absolute Gasteiger partial charge is 0.337 e. The van der Waals surface area contributed by atoms with Gasteiger partial charge in [0, 0.05) is 109 Å². The number of anilines is 3. The van der Waals surface area contributed by atoms with Crippen molar-refractivity contribution in [3.05, 3.63) is 121 Å². The van der Waals surface area contributed by atoms with Gasteiger partial charge in [0.2, 0.25) is 0 Å². The minimum absolute atomic E-state index is 0.0953. The molecule has 0 saturated carbocycles. The number of amides is 2. The maximum atomic E-state index is 12.9. The summed E-state index contributed by atoms with van der Waals surface area (Å²) in [6.45, 7) is 2.26. The number of fused-ring (bicyclic) bond motifs is 2. The number of carbonyl (C=O) groups excluding carboxylic acids is 2. The highest BCUT2D eigenvalue weighted by Gasteiger charge is 2.21. The summed E-state index contributed by atoms with van der Waals surface area (Å²) in [6, 6.07) is 20.1. The van der Waals surface area contributed by atoms with Crippen molar-refractivity contribution in [1.29, 1.82) is 0 Å². The molecule has 2 aromatic heterocycles. The van der Waals surface area contributed by atoms with Crippen molar-refractivity contribution < 1.29 is 48.3 Å². The Morgan fingerprint density at radius 1 is 0.662 bits per heavy atom. The molecule has 4 aromatic carbocycles. The van der Waals surface area contributed by atoms with Gasteiger partial charge in [-0.3, -0.25) is 19.6 Å². The molecule has 16 nitrogen and oxygen atoms in total. The first-order valence-electron chi connectivity index (χ1n) is 19.7. The number of rotatable bonds is 16. The van der Waals surface area contributed by atoms with E-state index >= 15 is 0 Å². The van der Waals surface area contributed by atoms with Crippen LogP contribution in [-0.2, 0) is 9.47 Å². The second-order valence-electron chi connectivity index (χ2n) is 14.3. The van der Waals surface area contributed by atoms with Gasteiger partial charge in [0.05, 0.1) is 71.8 Å². The first-order valence-corrected chi connectivity index (χ1v) is 21.7. The van der Waals surface area contributed by atoms with E-state index in [2.05, 4.69) is 47.1 Å². The highest BCUT2D eigenvalue weighted by Crippen LogP contribution is 2.38. The topological polar surface area (TPSA) is 216 Å². The van der Waals surface area contributed by atoms with E-state index in [0.29, 0.717) is 97.4 Å². The molecular weight excluding hydrogens is 992 g/mol. The maximum absolute atomic E-state index is 12.9. The van der Waals surface area contributed by atoms with Crippen molar-refractivity contribution in [2.24, 2.45) is 0 Å². The molecule has 0 radical (unpaired) electrons. The summed E-state index contributed by atoms with van der Waals surface area (Å²) >= 11 is 13.4. The number of pyridine rings is 2. The number of nitrogens with two attached hydrogens (primary N) is 1. The quantitative estimate of drug-likeness (QED) is 0.0525. The first kappa shape index (κ1) is 51.6. The van der Waals surface area contributed by atoms with E-state index in [-0.39, 0.29) is 22.9 Å². The lowest BCUT2D eigenvalue weighted by Gasteiger charge is -2.19. The molecule has 0 fully saturated rings. The number of aromatic nitrogens is 2. The summed E-state index contributed by atoms with van der Waals surface area (Å²) < 4.78 is 23.0. The van der Waals surface area contributed by atoms with E-state index < -0.39 is 11.9 Å². The predicted molar refractivity (Wildman–Crippen MR) is 258 cm³/mol. The summed E-state index contributed by atoms with van der Waals surface area (Å²) in [4.78, 5) is 58.7. The van der Waals surface area contributed by atoms with Crippen molar-refractivity contribution in [3.8, 4) is 11.5 Å². The van der Waals surface area contributed by atoms with Gasteiger partial charge in [-0.2, -0.15) is 0 Å². The third kappa shape index (κ3) is 14.0. The van der Waals surface area contributed by atoms with Gasteiger partial charge in [-0.1, -0.05) is 35.9 Å². The number of ether oxygens (including phenoxy) is 4. The average Bonchev–Trinajstić information content (AvgIpc) is 3.27. The number of nitrogens with one attached hydrogen (secondary N) is 1. The van der Waals surface area contributed by atoms with Gasteiger partial charge >= 0.3 is 11.9 Å². The Morgan fingerprint density at radius 2 is 1.12 bits per heavy atom. The number of halogens is 3. The van der Waals surface area contributed by atoms with Gasteiger partial charge in [0.1, 0.15) is 11.5 Å². The fourth-order valence-corrected chi connectivity index (χ4v) is 7.08. The van der Waals surface area contributed by atoms with E-state index in [4.69, 9.17) is 41.4 Å². The lowest BCUT2D eigenvalue weighted by atomic mass is 10.1. The zero-order valence-corrected chi connectivity index (χ0v) is 40.4. The summed E-state index contributed by atoms with van der Waals surface area (Å²) in [6.07, 6.45) is 4.52. The molecular formula is C46H49Br2ClN6O10. The molecule has 2 amide bonds. The van der Waals surface area contributed by atoms with Crippen LogP contribution in [0.25, 0.3) is 21.8 Å². The first-order chi connectivity index (χ1) is 31.0. The largest absolute Gasteiger partial charge is 0.492 e. The Morgan fingerprint density at radius 3 is 1.62 bits per heavy atom. The Balaban J connectivity index is 0.000000243. The molecule has 65 heavy (non-hydrogen) atoms. The molecule has 0 atom stereocenters. The number of nitrogen functional groups attached to an aromatic ring is 1. The van der Waals surface area contributed by atoms with Gasteiger partial charge in [0.25, 0.3) is 11.8 Å². The van der Waals surface area contributed by atoms with Crippen LogP contribution in [0.5, 0.6) is 11.5 Å². The third-order valence-electron chi connectivity index (χ3n) is 9.16. The Labute approximate surface area is 397 Å². The molecule has 5 N–H and O–H groups in total. The molecule has 19 heteroatoms. The highest BCUT2D eigenvalue weighted by molar-refractivity contribution is 9.11. The zero-order valence-electron chi connectivity index (χ0n) is 36.5. The minimum Gasteiger partial charge on any atom is -0.492 e. The minimum atomic E-state index is -1.07. The van der Waals surface area contributed by atoms with E-state index in [1.165, 1.54) is 34.3 Å². The van der Waals surface area contributed by atoms with Gasteiger partial charge in [-0.05, 0) is 68.3 Å². The standard InChI is InChI=1S/C23H24BrN3O5.C16H18BrClN2O3.C7H7NO2/c1-27(2)22(28)16-13-25-19-12-20(32-10-6-9-31-3)17(24)11-15(19)21(16)26-18-8-5-4-7-14(18)23(29)30;1-20(2)16(21)11-9-19-13-8-14(23-6-4-5-22-3)12(17)7-10(13)15(11)18;8-6-4-2-1-3-5(6)7(9)10/h4-5,7-8,11-13H,6,9-10H2,1-3H3,(H,25,26)(H,29,30);7-9H,4-6H2,1-3H3;1-4H,8H2,(H,9,10). The fraction of sp³-hybridized carbons (Fsp3) is 0.261. The van der Waals surface area contributed by atoms with Crippen molar-refractivity contribution in [1.82, 2.24) is 19.8 Å². The van der Waals surface area contributed by atoms with E-state index in [1.807, 2.05) is 18.2 Å². The summed E-state index contributed by atoms with van der Waals surface area (Å²) in [5.41, 5.74) is 8.71. The molecule has 0 bridgehead atoms. The molecule has 0 unspecified atom stereocenters. The van der Waals surface area contributed by atoms with E-state index in [9.17, 15) is 24.3 Å². The number of carbonyl (C=O) groups is 4. The van der Waals surface area contributed by atoms with Crippen LogP contribution in [0.2, 0.25) is 5.02 Å². The lowest BCUT2D eigenvalue weighted by molar-refractivity contribution is 0.0687. The predicted octanol–water partition coefficient (Wildman–Crippen LogP) is 9.29. The van der Waals surface area contributed by atoms with Crippen molar-refractivity contribution in [3.63, 3.8) is 0 Å². The van der Waals surface area contributed by atoms with Gasteiger partial charge in [-0.25, -0.2) is 9.59 Å². The van der Waals surface area contributed by atoms with Crippen LogP contribution in [-0.4, -0.2) is 123 Å². The molecule has 0 aliphatic heterocycles. The van der Waals surface area contributed by atoms with Crippen LogP contribution < -0.4 is 20.5 Å². The molecule has 0 spiro atoms. The third-order valence-corrected chi connectivity index (χ3v) is 10.8. The Kier molecular flexibility index (Phi) is 19.7. The lowest BCUT2D eigenvalue weighted by Crippen LogP contribution is -2.23. The van der Waals surface area contributed by atoms with Crippen LogP contribution >= 0.6 is 43.5 Å². The molecule has 0 saturated heterocycles. The highest BCUT2D eigenvalue weighted by atomic mass is 79.9. The zero-order chi connectivity index (χ0) is 47.8. The summed E-state index contributed by atoms with van der Waals surface area (Å²) in [5.74, 6) is -1.20. The molecule has 0 aliphatic rings. The Hall–Kier alpha value is -6.05. The monoisotopic (exact) mass is 1040 g/mol. The number of carboxylic acids is 2. The number of para-hydroxylation sites is 2. The van der Waals surface area contributed by atoms with Crippen LogP contribution in [0.1, 0.15) is 54.3 Å². The normalized spacial score (nSPS) is 10.5. The average molecular weight is 1040 g/mol. The van der Waals surface area contributed by atoms with Crippen molar-refractivity contribution in [2.75, 3.05) is 79.9 Å². The van der Waals surface area contributed by atoms with E-state index in [0.717, 1.165) is 17.3 Å². The van der Waals surface area contributed by atoms with Crippen LogP contribution in [0.4, 0.5) is 17.1 Å². The Bertz CT molecular complexity index is 2650. The number of hydrogen-bond acceptors (Lipinski definition) is 12. The van der Waals surface area contributed by atoms with Gasteiger partial charge in [0.15, 0.2) is 0 Å². The van der Waals surface area contributed by atoms with Crippen molar-refractivity contribution >= 4 is 106 Å². The molecule has 6 aromatic rings. The summed E-state index contributed by atoms with van der Waals surface area (Å²) in [5, 5.41) is 23.0. The van der Waals surface area contributed by atoms with Crippen LogP contribution in [0.15, 0.2) is 94.1 Å². The number of carboxylic acid groups (broad SMARTS) is 2. The maximum Gasteiger partial charge on any atom is 0.337 e. The van der Waals surface area contributed by atoms with Crippen LogP contribution in [0, 0.1) is 0 Å².